The molecule has 0 radical (unpaired) electrons. The molecule has 1 saturated carbocycles. The van der Waals surface area contributed by atoms with Gasteiger partial charge in [-0.1, -0.05) is 33.8 Å². The molecular formula is C46H58FN7O5S. The first-order valence-electron chi connectivity index (χ1n) is 21.4. The van der Waals surface area contributed by atoms with E-state index in [9.17, 15) is 14.4 Å². The van der Waals surface area contributed by atoms with Crippen LogP contribution in [0.25, 0.3) is 33.4 Å². The number of aromatic nitrogens is 3. The molecule has 8 rings (SSSR count). The van der Waals surface area contributed by atoms with Crippen molar-refractivity contribution in [1.29, 1.82) is 0 Å². The van der Waals surface area contributed by atoms with Gasteiger partial charge in [-0.3, -0.25) is 19.6 Å². The number of methoxy groups -OCH3 is 1. The fraction of sp³-hybridized carbons (Fsp3) is 0.543. The summed E-state index contributed by atoms with van der Waals surface area (Å²) < 4.78 is 29.6. The molecule has 6 heterocycles. The molecule has 6 bridgehead atoms. The van der Waals surface area contributed by atoms with Gasteiger partial charge in [0.2, 0.25) is 5.91 Å². The number of halogens is 1. The first kappa shape index (κ1) is 42.2. The summed E-state index contributed by atoms with van der Waals surface area (Å²) in [5, 5.41) is 7.74. The second kappa shape index (κ2) is 16.8. The number of carbonyl (C=O) groups is 3. The first-order chi connectivity index (χ1) is 28.7. The van der Waals surface area contributed by atoms with Crippen molar-refractivity contribution in [2.45, 2.75) is 97.9 Å². The summed E-state index contributed by atoms with van der Waals surface area (Å²) in [6.07, 6.45) is 5.68. The Hall–Kier alpha value is -4.50. The van der Waals surface area contributed by atoms with Gasteiger partial charge in [-0.2, -0.15) is 0 Å². The molecule has 60 heavy (non-hydrogen) atoms. The van der Waals surface area contributed by atoms with Gasteiger partial charge in [0.05, 0.1) is 41.3 Å². The van der Waals surface area contributed by atoms with Crippen LogP contribution in [0.2, 0.25) is 0 Å². The third kappa shape index (κ3) is 8.27. The smallest absolute Gasteiger partial charge is 0.329 e. The largest absolute Gasteiger partial charge is 0.464 e. The third-order valence-electron chi connectivity index (χ3n) is 13.3. The molecule has 1 saturated heterocycles. The van der Waals surface area contributed by atoms with Crippen LogP contribution in [-0.4, -0.2) is 94.7 Å². The number of pyridine rings is 1. The van der Waals surface area contributed by atoms with Crippen molar-refractivity contribution in [3.8, 4) is 22.5 Å². The minimum atomic E-state index is -1.24. The van der Waals surface area contributed by atoms with Crippen molar-refractivity contribution in [2.24, 2.45) is 23.2 Å². The predicted molar refractivity (Wildman–Crippen MR) is 231 cm³/mol. The SMILES string of the molecule is CCn1c(-c2cc(C3CCN(C)CC3)cnc2[C@H](C)OC)c2c3cc(ccc31)-c1csc(n1)C[C@H](NC(=O)C1[C@@H](C)[C@H]1C)C(=O)N1CC(F)=C[C@H](N1)C(=O)OCC(C)(C)C2. The van der Waals surface area contributed by atoms with E-state index in [1.807, 2.05) is 32.3 Å². The van der Waals surface area contributed by atoms with Gasteiger partial charge in [0, 0.05) is 65.0 Å². The Balaban J connectivity index is 1.27. The molecule has 4 aromatic rings. The van der Waals surface area contributed by atoms with Crippen molar-refractivity contribution in [1.82, 2.24) is 35.2 Å². The van der Waals surface area contributed by atoms with E-state index in [1.54, 1.807) is 7.11 Å². The van der Waals surface area contributed by atoms with Gasteiger partial charge in [0.25, 0.3) is 5.91 Å². The molecule has 1 aromatic carbocycles. The Bertz CT molecular complexity index is 2320. The zero-order valence-corrected chi connectivity index (χ0v) is 36.8. The molecule has 3 aromatic heterocycles. The van der Waals surface area contributed by atoms with E-state index in [2.05, 4.69) is 72.3 Å². The number of nitrogens with zero attached hydrogens (tertiary/aromatic N) is 5. The van der Waals surface area contributed by atoms with Crippen molar-refractivity contribution in [3.05, 3.63) is 69.6 Å². The van der Waals surface area contributed by atoms with E-state index in [1.165, 1.54) is 16.9 Å². The number of hydrogen-bond acceptors (Lipinski definition) is 10. The lowest BCUT2D eigenvalue weighted by Crippen LogP contribution is -2.60. The van der Waals surface area contributed by atoms with Crippen LogP contribution >= 0.6 is 11.3 Å². The van der Waals surface area contributed by atoms with E-state index in [0.29, 0.717) is 23.9 Å². The molecule has 0 spiro atoms. The van der Waals surface area contributed by atoms with Crippen molar-refractivity contribution < 1.29 is 28.2 Å². The standard InChI is InChI=1S/C46H58FN7O5S/c1-9-53-38-11-10-29-16-32(38)34(42(53)33-17-30(21-48-41(33)27(4)58-8)28-12-14-52(7)15-13-28)20-46(5,6)24-59-45(57)36-18-31(47)22-54(51-36)44(56)35(19-39-49-37(29)23-60-39)50-43(55)40-25(2)26(40)3/h10-11,16-18,21,23,25-28,35-36,40,51H,9,12-15,19-20,22,24H2,1-8H3,(H,50,55)/t25-,26+,27-,35-,36-,40?/m0/s1. The van der Waals surface area contributed by atoms with Gasteiger partial charge in [-0.25, -0.2) is 19.6 Å². The van der Waals surface area contributed by atoms with Gasteiger partial charge in [0.15, 0.2) is 0 Å². The highest BCUT2D eigenvalue weighted by Crippen LogP contribution is 2.46. The van der Waals surface area contributed by atoms with Crippen LogP contribution < -0.4 is 10.7 Å². The summed E-state index contributed by atoms with van der Waals surface area (Å²) in [6, 6.07) is 6.50. The molecular weight excluding hydrogens is 782 g/mol. The maximum Gasteiger partial charge on any atom is 0.329 e. The second-order valence-corrected chi connectivity index (χ2v) is 19.1. The lowest BCUT2D eigenvalue weighted by Gasteiger charge is -2.33. The minimum absolute atomic E-state index is 0.0342. The number of aryl methyl sites for hydroxylation is 1. The number of thiazole rings is 1. The Morgan fingerprint density at radius 3 is 2.62 bits per heavy atom. The topological polar surface area (TPSA) is 131 Å². The molecule has 14 heteroatoms. The summed E-state index contributed by atoms with van der Waals surface area (Å²) in [4.78, 5) is 53.9. The number of likely N-dealkylation sites (tertiary alicyclic amines) is 1. The molecule has 3 aliphatic heterocycles. The molecule has 2 N–H and O–H groups in total. The fourth-order valence-corrected chi connectivity index (χ4v) is 10.2. The van der Waals surface area contributed by atoms with E-state index < -0.39 is 41.7 Å². The van der Waals surface area contributed by atoms with Crippen molar-refractivity contribution in [2.75, 3.05) is 40.4 Å². The predicted octanol–water partition coefficient (Wildman–Crippen LogP) is 6.99. The lowest BCUT2D eigenvalue weighted by atomic mass is 9.83. The molecule has 4 aliphatic rings. The number of fused-ring (bicyclic) bond motifs is 6. The summed E-state index contributed by atoms with van der Waals surface area (Å²) in [5.41, 5.74) is 10.3. The lowest BCUT2D eigenvalue weighted by molar-refractivity contribution is -0.152. The van der Waals surface area contributed by atoms with Gasteiger partial charge < -0.3 is 24.3 Å². The average Bonchev–Trinajstić information content (AvgIpc) is 3.50. The number of hydrazine groups is 1. The van der Waals surface area contributed by atoms with Crippen molar-refractivity contribution >= 4 is 40.0 Å². The van der Waals surface area contributed by atoms with Gasteiger partial charge >= 0.3 is 5.97 Å². The molecule has 1 unspecified atom stereocenters. The number of hydrogen-bond donors (Lipinski definition) is 2. The highest BCUT2D eigenvalue weighted by molar-refractivity contribution is 7.10. The van der Waals surface area contributed by atoms with E-state index >= 15 is 4.39 Å². The number of rotatable bonds is 7. The average molecular weight is 840 g/mol. The Morgan fingerprint density at radius 1 is 1.17 bits per heavy atom. The summed E-state index contributed by atoms with van der Waals surface area (Å²) in [5.74, 6) is -1.55. The van der Waals surface area contributed by atoms with Crippen LogP contribution in [0.3, 0.4) is 0 Å². The zero-order valence-electron chi connectivity index (χ0n) is 36.0. The number of carbonyl (C=O) groups excluding carboxylic acids is 3. The number of cyclic esters (lactones) is 1. The zero-order chi connectivity index (χ0) is 42.6. The number of ether oxygens (including phenoxy) is 2. The maximum absolute atomic E-state index is 15.3. The highest BCUT2D eigenvalue weighted by atomic mass is 32.1. The Morgan fingerprint density at radius 2 is 1.92 bits per heavy atom. The van der Waals surface area contributed by atoms with Crippen LogP contribution in [0.4, 0.5) is 4.39 Å². The summed E-state index contributed by atoms with van der Waals surface area (Å²) in [6.45, 7) is 14.8. The van der Waals surface area contributed by atoms with Crippen LogP contribution in [0.15, 0.2) is 47.7 Å². The monoisotopic (exact) mass is 839 g/mol. The number of nitrogens with one attached hydrogen (secondary N) is 2. The number of amides is 2. The summed E-state index contributed by atoms with van der Waals surface area (Å²) in [7, 11) is 3.89. The third-order valence-corrected chi connectivity index (χ3v) is 14.2. The van der Waals surface area contributed by atoms with Crippen LogP contribution in [-0.2, 0) is 43.2 Å². The number of benzene rings is 1. The van der Waals surface area contributed by atoms with Crippen LogP contribution in [0, 0.1) is 23.2 Å². The Kier molecular flexibility index (Phi) is 11.8. The van der Waals surface area contributed by atoms with Crippen molar-refractivity contribution in [3.63, 3.8) is 0 Å². The summed E-state index contributed by atoms with van der Waals surface area (Å²) >= 11 is 1.41. The quantitative estimate of drug-likeness (QED) is 0.189. The van der Waals surface area contributed by atoms with Gasteiger partial charge in [-0.15, -0.1) is 11.3 Å². The highest BCUT2D eigenvalue weighted by Gasteiger charge is 2.49. The van der Waals surface area contributed by atoms with Gasteiger partial charge in [-0.05, 0) is 106 Å². The Labute approximate surface area is 355 Å². The molecule has 1 aliphatic carbocycles. The molecule has 6 atom stereocenters. The van der Waals surface area contributed by atoms with Crippen LogP contribution in [0.5, 0.6) is 0 Å². The molecule has 2 amide bonds. The number of esters is 1. The van der Waals surface area contributed by atoms with E-state index in [-0.39, 0.29) is 42.8 Å². The minimum Gasteiger partial charge on any atom is -0.464 e. The maximum atomic E-state index is 15.3. The molecule has 12 nitrogen and oxygen atoms in total. The normalized spacial score (nSPS) is 25.7. The molecule has 320 valence electrons. The van der Waals surface area contributed by atoms with E-state index in [4.69, 9.17) is 19.4 Å². The fourth-order valence-electron chi connectivity index (χ4n) is 9.37. The first-order valence-corrected chi connectivity index (χ1v) is 22.3. The number of piperidine rings is 1. The van der Waals surface area contributed by atoms with Crippen LogP contribution in [0.1, 0.15) is 88.2 Å². The molecule has 2 fully saturated rings. The van der Waals surface area contributed by atoms with E-state index in [0.717, 1.165) is 81.7 Å². The van der Waals surface area contributed by atoms with Gasteiger partial charge in [0.1, 0.15) is 17.9 Å². The second-order valence-electron chi connectivity index (χ2n) is 18.2.